The number of hydrogen-bond donors (Lipinski definition) is 2. The van der Waals surface area contributed by atoms with Crippen LogP contribution in [0.15, 0.2) is 24.3 Å². The highest BCUT2D eigenvalue weighted by atomic mass is 16.5. The van der Waals surface area contributed by atoms with Crippen LogP contribution in [0.4, 0.5) is 0 Å². The predicted molar refractivity (Wildman–Crippen MR) is 99.3 cm³/mol. The molecule has 0 aromatic heterocycles. The number of rotatable bonds is 10. The van der Waals surface area contributed by atoms with Gasteiger partial charge >= 0.3 is 0 Å². The van der Waals surface area contributed by atoms with Crippen LogP contribution in [0.1, 0.15) is 32.1 Å². The number of nitrogens with zero attached hydrogens (tertiary/aromatic N) is 1. The van der Waals surface area contributed by atoms with Gasteiger partial charge in [-0.15, -0.1) is 0 Å². The second kappa shape index (κ2) is 10.4. The number of likely N-dealkylation sites (tertiary alicyclic amines) is 1. The van der Waals surface area contributed by atoms with E-state index >= 15 is 0 Å². The molecule has 1 aromatic rings. The Morgan fingerprint density at radius 2 is 1.89 bits per heavy atom. The van der Waals surface area contributed by atoms with Crippen LogP contribution in [0, 0.1) is 0 Å². The lowest BCUT2D eigenvalue weighted by Gasteiger charge is -2.22. The van der Waals surface area contributed by atoms with E-state index < -0.39 is 11.9 Å². The number of carbonyl (C=O) groups excluding carboxylic acids is 3. The van der Waals surface area contributed by atoms with Gasteiger partial charge in [0.1, 0.15) is 17.5 Å². The molecule has 8 heteroatoms. The quantitative estimate of drug-likeness (QED) is 0.587. The Kier molecular flexibility index (Phi) is 7.91. The summed E-state index contributed by atoms with van der Waals surface area (Å²) in [6.45, 7) is 1.22. The fourth-order valence-electron chi connectivity index (χ4n) is 3.00. The third-order valence-corrected chi connectivity index (χ3v) is 4.44. The SMILES string of the molecule is COc1ccc(OCCCC(=O)NCCC(=O)N2CCCC2C(N)=O)cc1. The summed E-state index contributed by atoms with van der Waals surface area (Å²) in [6.07, 6.45) is 2.44. The molecule has 1 atom stereocenters. The van der Waals surface area contributed by atoms with E-state index in [2.05, 4.69) is 5.32 Å². The second-order valence-corrected chi connectivity index (χ2v) is 6.38. The Morgan fingerprint density at radius 3 is 2.56 bits per heavy atom. The van der Waals surface area contributed by atoms with Gasteiger partial charge in [0.2, 0.25) is 17.7 Å². The number of benzene rings is 1. The minimum atomic E-state index is -0.511. The first-order valence-electron chi connectivity index (χ1n) is 9.13. The molecule has 0 spiro atoms. The number of primary amides is 1. The lowest BCUT2D eigenvalue weighted by Crippen LogP contribution is -2.44. The predicted octanol–water partition coefficient (Wildman–Crippen LogP) is 0.837. The fourth-order valence-corrected chi connectivity index (χ4v) is 3.00. The number of ether oxygens (including phenoxy) is 2. The molecule has 1 heterocycles. The van der Waals surface area contributed by atoms with E-state index in [4.69, 9.17) is 15.2 Å². The molecule has 27 heavy (non-hydrogen) atoms. The highest BCUT2D eigenvalue weighted by Crippen LogP contribution is 2.18. The van der Waals surface area contributed by atoms with Gasteiger partial charge in [0.25, 0.3) is 0 Å². The zero-order valence-corrected chi connectivity index (χ0v) is 15.6. The Bertz CT molecular complexity index is 647. The minimum absolute atomic E-state index is 0.131. The van der Waals surface area contributed by atoms with Crippen LogP contribution in [-0.4, -0.2) is 55.5 Å². The monoisotopic (exact) mass is 377 g/mol. The van der Waals surface area contributed by atoms with Crippen LogP contribution in [0.3, 0.4) is 0 Å². The number of nitrogens with one attached hydrogen (secondary N) is 1. The Balaban J connectivity index is 1.58. The molecule has 0 aliphatic carbocycles. The van der Waals surface area contributed by atoms with Crippen molar-refractivity contribution in [1.29, 1.82) is 0 Å². The summed E-state index contributed by atoms with van der Waals surface area (Å²) in [4.78, 5) is 36.8. The van der Waals surface area contributed by atoms with Crippen molar-refractivity contribution in [3.05, 3.63) is 24.3 Å². The molecule has 1 aliphatic rings. The van der Waals surface area contributed by atoms with E-state index in [9.17, 15) is 14.4 Å². The maximum atomic E-state index is 12.1. The molecule has 1 aliphatic heterocycles. The molecule has 1 fully saturated rings. The summed E-state index contributed by atoms with van der Waals surface area (Å²) in [5.41, 5.74) is 5.31. The van der Waals surface area contributed by atoms with Crippen molar-refractivity contribution >= 4 is 17.7 Å². The van der Waals surface area contributed by atoms with Gasteiger partial charge in [-0.05, 0) is 43.5 Å². The summed E-state index contributed by atoms with van der Waals surface area (Å²) in [7, 11) is 1.60. The minimum Gasteiger partial charge on any atom is -0.497 e. The Morgan fingerprint density at radius 1 is 1.19 bits per heavy atom. The molecular formula is C19H27N3O5. The van der Waals surface area contributed by atoms with E-state index in [-0.39, 0.29) is 24.8 Å². The van der Waals surface area contributed by atoms with Crippen LogP contribution >= 0.6 is 0 Å². The van der Waals surface area contributed by atoms with Crippen molar-refractivity contribution < 1.29 is 23.9 Å². The lowest BCUT2D eigenvalue weighted by molar-refractivity contribution is -0.137. The normalized spacial score (nSPS) is 16.0. The molecule has 1 aromatic carbocycles. The molecule has 1 unspecified atom stereocenters. The fraction of sp³-hybridized carbons (Fsp3) is 0.526. The van der Waals surface area contributed by atoms with Gasteiger partial charge in [-0.1, -0.05) is 0 Å². The third-order valence-electron chi connectivity index (χ3n) is 4.44. The third kappa shape index (κ3) is 6.47. The van der Waals surface area contributed by atoms with E-state index in [1.165, 1.54) is 4.90 Å². The molecule has 3 N–H and O–H groups in total. The smallest absolute Gasteiger partial charge is 0.240 e. The van der Waals surface area contributed by atoms with Crippen molar-refractivity contribution in [3.8, 4) is 11.5 Å². The van der Waals surface area contributed by atoms with Gasteiger partial charge < -0.3 is 25.4 Å². The van der Waals surface area contributed by atoms with Crippen molar-refractivity contribution in [2.75, 3.05) is 26.8 Å². The van der Waals surface area contributed by atoms with Crippen molar-refractivity contribution in [1.82, 2.24) is 10.2 Å². The average molecular weight is 377 g/mol. The molecule has 148 valence electrons. The van der Waals surface area contributed by atoms with Crippen molar-refractivity contribution in [2.45, 2.75) is 38.1 Å². The van der Waals surface area contributed by atoms with Crippen LogP contribution in [0.25, 0.3) is 0 Å². The van der Waals surface area contributed by atoms with E-state index in [0.717, 1.165) is 17.9 Å². The van der Waals surface area contributed by atoms with E-state index in [1.807, 2.05) is 24.3 Å². The van der Waals surface area contributed by atoms with Crippen LogP contribution in [-0.2, 0) is 14.4 Å². The summed E-state index contributed by atoms with van der Waals surface area (Å²) in [5, 5.41) is 2.72. The number of carbonyl (C=O) groups is 3. The van der Waals surface area contributed by atoms with E-state index in [1.54, 1.807) is 7.11 Å². The average Bonchev–Trinajstić information content (AvgIpc) is 3.16. The van der Waals surface area contributed by atoms with Crippen molar-refractivity contribution in [3.63, 3.8) is 0 Å². The molecule has 2 rings (SSSR count). The zero-order valence-electron chi connectivity index (χ0n) is 15.6. The summed E-state index contributed by atoms with van der Waals surface area (Å²) < 4.78 is 10.6. The van der Waals surface area contributed by atoms with Crippen molar-refractivity contribution in [2.24, 2.45) is 5.73 Å². The number of methoxy groups -OCH3 is 1. The molecule has 0 saturated carbocycles. The van der Waals surface area contributed by atoms with Gasteiger partial charge in [0.05, 0.1) is 13.7 Å². The lowest BCUT2D eigenvalue weighted by atomic mass is 10.2. The first-order valence-corrected chi connectivity index (χ1v) is 9.13. The first kappa shape index (κ1) is 20.5. The number of hydrogen-bond acceptors (Lipinski definition) is 5. The standard InChI is InChI=1S/C19H27N3O5/c1-26-14-6-8-15(9-7-14)27-13-3-5-17(23)21-11-10-18(24)22-12-2-4-16(22)19(20)25/h6-9,16H,2-5,10-13H2,1H3,(H2,20,25)(H,21,23). The summed E-state index contributed by atoms with van der Waals surface area (Å²) >= 11 is 0. The number of amides is 3. The number of nitrogens with two attached hydrogens (primary N) is 1. The van der Waals surface area contributed by atoms with Crippen LogP contribution in [0.5, 0.6) is 11.5 Å². The first-order chi connectivity index (χ1) is 13.0. The van der Waals surface area contributed by atoms with Gasteiger partial charge in [0, 0.05) is 25.9 Å². The van der Waals surface area contributed by atoms with Gasteiger partial charge in [-0.3, -0.25) is 14.4 Å². The van der Waals surface area contributed by atoms with Gasteiger partial charge in [-0.2, -0.15) is 0 Å². The van der Waals surface area contributed by atoms with Crippen LogP contribution < -0.4 is 20.5 Å². The molecular weight excluding hydrogens is 350 g/mol. The molecule has 0 radical (unpaired) electrons. The van der Waals surface area contributed by atoms with Crippen LogP contribution in [0.2, 0.25) is 0 Å². The summed E-state index contributed by atoms with van der Waals surface area (Å²) in [5.74, 6) is 0.721. The second-order valence-electron chi connectivity index (χ2n) is 6.38. The van der Waals surface area contributed by atoms with Gasteiger partial charge in [0.15, 0.2) is 0 Å². The highest BCUT2D eigenvalue weighted by Gasteiger charge is 2.32. The molecule has 3 amide bonds. The Hall–Kier alpha value is -2.77. The summed E-state index contributed by atoms with van der Waals surface area (Å²) in [6, 6.07) is 6.72. The van der Waals surface area contributed by atoms with E-state index in [0.29, 0.717) is 32.4 Å². The van der Waals surface area contributed by atoms with Gasteiger partial charge in [-0.25, -0.2) is 0 Å². The zero-order chi connectivity index (χ0) is 19.6. The molecule has 0 bridgehead atoms. The molecule has 1 saturated heterocycles. The maximum Gasteiger partial charge on any atom is 0.240 e. The highest BCUT2D eigenvalue weighted by molar-refractivity contribution is 5.87. The molecule has 8 nitrogen and oxygen atoms in total. The topological polar surface area (TPSA) is 111 Å². The Labute approximate surface area is 159 Å². The maximum absolute atomic E-state index is 12.1. The largest absolute Gasteiger partial charge is 0.497 e.